The van der Waals surface area contributed by atoms with Gasteiger partial charge in [0, 0.05) is 23.2 Å². The first-order valence-corrected chi connectivity index (χ1v) is 10.7. The molecule has 1 saturated heterocycles. The van der Waals surface area contributed by atoms with Gasteiger partial charge in [0.05, 0.1) is 19.0 Å². The van der Waals surface area contributed by atoms with Crippen molar-refractivity contribution in [3.8, 4) is 11.5 Å². The number of fused-ring (bicyclic) bond motifs is 1. The van der Waals surface area contributed by atoms with Crippen LogP contribution in [0.1, 0.15) is 17.7 Å². The Morgan fingerprint density at radius 1 is 1.21 bits per heavy atom. The molecule has 2 aliphatic rings. The van der Waals surface area contributed by atoms with Gasteiger partial charge in [0.1, 0.15) is 13.2 Å². The number of hydrogen-bond acceptors (Lipinski definition) is 6. The molecule has 2 aliphatic heterocycles. The van der Waals surface area contributed by atoms with Gasteiger partial charge in [-0.1, -0.05) is 6.07 Å². The van der Waals surface area contributed by atoms with Crippen molar-refractivity contribution in [1.29, 1.82) is 0 Å². The minimum absolute atomic E-state index is 0.0137. The second-order valence-corrected chi connectivity index (χ2v) is 8.40. The minimum atomic E-state index is -0.288. The third kappa shape index (κ3) is 4.71. The maximum absolute atomic E-state index is 13.3. The molecule has 1 aromatic carbocycles. The highest BCUT2D eigenvalue weighted by molar-refractivity contribution is 7.09. The van der Waals surface area contributed by atoms with Crippen molar-refractivity contribution >= 4 is 28.8 Å². The van der Waals surface area contributed by atoms with E-state index in [1.165, 1.54) is 0 Å². The van der Waals surface area contributed by atoms with E-state index in [0.29, 0.717) is 37.8 Å². The van der Waals surface area contributed by atoms with Crippen LogP contribution in [-0.2, 0) is 16.1 Å². The fraction of sp³-hybridized carbons (Fsp3) is 0.429. The Morgan fingerprint density at radius 2 is 2.03 bits per heavy atom. The lowest BCUT2D eigenvalue weighted by atomic mass is 9.97. The van der Waals surface area contributed by atoms with Crippen LogP contribution in [0.3, 0.4) is 0 Å². The minimum Gasteiger partial charge on any atom is -0.486 e. The maximum atomic E-state index is 13.3. The molecule has 0 unspecified atom stereocenters. The summed E-state index contributed by atoms with van der Waals surface area (Å²) in [7, 11) is 0. The van der Waals surface area contributed by atoms with E-state index in [0.717, 1.165) is 30.0 Å². The van der Waals surface area contributed by atoms with Crippen molar-refractivity contribution in [3.05, 3.63) is 40.6 Å². The summed E-state index contributed by atoms with van der Waals surface area (Å²) in [4.78, 5) is 29.8. The second-order valence-electron chi connectivity index (χ2n) is 7.36. The molecule has 1 atom stereocenters. The number of nitrogens with two attached hydrogens (primary N) is 1. The average molecular weight is 416 g/mol. The molecule has 0 saturated carbocycles. The highest BCUT2D eigenvalue weighted by Crippen LogP contribution is 2.35. The number of nitrogens with zero attached hydrogens (tertiary/aromatic N) is 2. The van der Waals surface area contributed by atoms with Crippen LogP contribution in [0.2, 0.25) is 0 Å². The van der Waals surface area contributed by atoms with Gasteiger partial charge < -0.3 is 20.1 Å². The first-order chi connectivity index (χ1) is 14.1. The number of anilines is 1. The van der Waals surface area contributed by atoms with Crippen molar-refractivity contribution in [2.75, 3.05) is 37.7 Å². The molecular weight excluding hydrogens is 390 g/mol. The Balaban J connectivity index is 1.54. The molecular formula is C21H25N3O4S. The van der Waals surface area contributed by atoms with Crippen molar-refractivity contribution in [2.45, 2.75) is 19.4 Å². The van der Waals surface area contributed by atoms with E-state index in [2.05, 4.69) is 0 Å². The van der Waals surface area contributed by atoms with Gasteiger partial charge in [0.2, 0.25) is 11.8 Å². The molecule has 0 aliphatic carbocycles. The number of likely N-dealkylation sites (tertiary alicyclic amines) is 1. The SMILES string of the molecule is NC(=O)[C@H]1CCCN(CC(=O)N(Cc2cccs2)c2ccc3c(c2)OCCO3)C1. The van der Waals surface area contributed by atoms with Crippen molar-refractivity contribution in [1.82, 2.24) is 4.90 Å². The number of rotatable bonds is 6. The summed E-state index contributed by atoms with van der Waals surface area (Å²) in [5, 5.41) is 2.00. The lowest BCUT2D eigenvalue weighted by Gasteiger charge is -2.32. The number of carbonyl (C=O) groups is 2. The lowest BCUT2D eigenvalue weighted by Crippen LogP contribution is -2.46. The molecule has 7 nitrogen and oxygen atoms in total. The summed E-state index contributed by atoms with van der Waals surface area (Å²) in [5.74, 6) is 0.870. The summed E-state index contributed by atoms with van der Waals surface area (Å²) in [5.41, 5.74) is 6.26. The molecule has 3 heterocycles. The van der Waals surface area contributed by atoms with Crippen LogP contribution in [-0.4, -0.2) is 49.6 Å². The lowest BCUT2D eigenvalue weighted by molar-refractivity contribution is -0.125. The molecule has 154 valence electrons. The molecule has 1 aromatic heterocycles. The number of thiophene rings is 1. The fourth-order valence-corrected chi connectivity index (χ4v) is 4.48. The Kier molecular flexibility index (Phi) is 6.01. The number of carbonyl (C=O) groups excluding carboxylic acids is 2. The zero-order valence-corrected chi connectivity index (χ0v) is 17.0. The molecule has 0 spiro atoms. The Morgan fingerprint density at radius 3 is 2.79 bits per heavy atom. The van der Waals surface area contributed by atoms with Crippen molar-refractivity contribution in [3.63, 3.8) is 0 Å². The monoisotopic (exact) mass is 415 g/mol. The maximum Gasteiger partial charge on any atom is 0.241 e. The van der Waals surface area contributed by atoms with Crippen molar-refractivity contribution < 1.29 is 19.1 Å². The van der Waals surface area contributed by atoms with Crippen LogP contribution in [0.4, 0.5) is 5.69 Å². The molecule has 4 rings (SSSR count). The summed E-state index contributed by atoms with van der Waals surface area (Å²) >= 11 is 1.62. The number of amides is 2. The number of ether oxygens (including phenoxy) is 2. The second kappa shape index (κ2) is 8.84. The van der Waals surface area contributed by atoms with Crippen LogP contribution in [0.5, 0.6) is 11.5 Å². The molecule has 1 fully saturated rings. The topological polar surface area (TPSA) is 85.1 Å². The van der Waals surface area contributed by atoms with E-state index in [-0.39, 0.29) is 24.3 Å². The van der Waals surface area contributed by atoms with Crippen LogP contribution in [0.15, 0.2) is 35.7 Å². The summed E-state index contributed by atoms with van der Waals surface area (Å²) in [6.45, 7) is 3.10. The fourth-order valence-electron chi connectivity index (χ4n) is 3.79. The third-order valence-electron chi connectivity index (χ3n) is 5.30. The first-order valence-electron chi connectivity index (χ1n) is 9.84. The van der Waals surface area contributed by atoms with Gasteiger partial charge in [-0.2, -0.15) is 0 Å². The van der Waals surface area contributed by atoms with Crippen molar-refractivity contribution in [2.24, 2.45) is 11.7 Å². The number of primary amides is 1. The van der Waals surface area contributed by atoms with Gasteiger partial charge in [-0.3, -0.25) is 14.5 Å². The average Bonchev–Trinajstić information content (AvgIpc) is 3.25. The van der Waals surface area contributed by atoms with E-state index in [1.54, 1.807) is 16.2 Å². The molecule has 0 bridgehead atoms. The van der Waals surface area contributed by atoms with E-state index in [1.807, 2.05) is 40.6 Å². The van der Waals surface area contributed by atoms with E-state index >= 15 is 0 Å². The summed E-state index contributed by atoms with van der Waals surface area (Å²) in [6.07, 6.45) is 1.66. The van der Waals surface area contributed by atoms with E-state index in [9.17, 15) is 9.59 Å². The predicted molar refractivity (Wildman–Crippen MR) is 111 cm³/mol. The van der Waals surface area contributed by atoms with Crippen LogP contribution in [0, 0.1) is 5.92 Å². The highest BCUT2D eigenvalue weighted by Gasteiger charge is 2.27. The van der Waals surface area contributed by atoms with Gasteiger partial charge in [-0.25, -0.2) is 0 Å². The van der Waals surface area contributed by atoms with Gasteiger partial charge in [-0.05, 0) is 43.0 Å². The van der Waals surface area contributed by atoms with Gasteiger partial charge in [-0.15, -0.1) is 11.3 Å². The zero-order valence-electron chi connectivity index (χ0n) is 16.2. The molecule has 2 N–H and O–H groups in total. The smallest absolute Gasteiger partial charge is 0.241 e. The van der Waals surface area contributed by atoms with E-state index in [4.69, 9.17) is 15.2 Å². The Hall–Kier alpha value is -2.58. The highest BCUT2D eigenvalue weighted by atomic mass is 32.1. The predicted octanol–water partition coefficient (Wildman–Crippen LogP) is 2.25. The normalized spacial score (nSPS) is 19.0. The van der Waals surface area contributed by atoms with Crippen LogP contribution >= 0.6 is 11.3 Å². The third-order valence-corrected chi connectivity index (χ3v) is 6.16. The zero-order chi connectivity index (χ0) is 20.2. The quantitative estimate of drug-likeness (QED) is 0.782. The van der Waals surface area contributed by atoms with Gasteiger partial charge >= 0.3 is 0 Å². The van der Waals surface area contributed by atoms with Crippen LogP contribution in [0.25, 0.3) is 0 Å². The molecule has 2 aromatic rings. The first kappa shape index (κ1) is 19.7. The largest absolute Gasteiger partial charge is 0.486 e. The van der Waals surface area contributed by atoms with Crippen LogP contribution < -0.4 is 20.1 Å². The number of benzene rings is 1. The Bertz CT molecular complexity index is 871. The number of piperidine rings is 1. The van der Waals surface area contributed by atoms with E-state index < -0.39 is 0 Å². The standard InChI is InChI=1S/C21H25N3O4S/c22-21(26)15-3-1-7-23(12-15)14-20(25)24(13-17-4-2-10-29-17)16-5-6-18-19(11-16)28-9-8-27-18/h2,4-6,10-11,15H,1,3,7-9,12-14H2,(H2,22,26)/t15-/m0/s1. The number of hydrogen-bond donors (Lipinski definition) is 1. The van der Waals surface area contributed by atoms with Gasteiger partial charge in [0.15, 0.2) is 11.5 Å². The molecule has 29 heavy (non-hydrogen) atoms. The summed E-state index contributed by atoms with van der Waals surface area (Å²) < 4.78 is 11.3. The molecule has 8 heteroatoms. The summed E-state index contributed by atoms with van der Waals surface area (Å²) in [6, 6.07) is 9.61. The van der Waals surface area contributed by atoms with Gasteiger partial charge in [0.25, 0.3) is 0 Å². The molecule has 2 amide bonds. The Labute approximate surface area is 174 Å². The molecule has 0 radical (unpaired) electrons.